The maximum atomic E-state index is 10.5. The van der Waals surface area contributed by atoms with Gasteiger partial charge in [0.15, 0.2) is 5.11 Å². The van der Waals surface area contributed by atoms with E-state index in [1.165, 1.54) is 0 Å². The van der Waals surface area contributed by atoms with E-state index in [2.05, 4.69) is 16.2 Å². The van der Waals surface area contributed by atoms with Gasteiger partial charge < -0.3 is 10.4 Å². The number of rotatable bonds is 3. The Kier molecular flexibility index (Phi) is 6.31. The zero-order chi connectivity index (χ0) is 9.40. The minimum Gasteiger partial charge on any atom is -0.386 e. The highest BCUT2D eigenvalue weighted by atomic mass is 32.1. The maximum Gasteiger partial charge on any atom is 0.264 e. The predicted molar refractivity (Wildman–Crippen MR) is 49.3 cm³/mol. The molecular weight excluding hydrogens is 178 g/mol. The van der Waals surface area contributed by atoms with Crippen molar-refractivity contribution in [2.45, 2.75) is 13.3 Å². The van der Waals surface area contributed by atoms with Gasteiger partial charge in [-0.1, -0.05) is 6.92 Å². The standard InChI is InChI=1S/C6H13N3O2S/c1-2-3-7-6(12)9-8-5(11)4-10/h10H,2-4H2,1H3,(H,8,11)(H2,7,9,12). The van der Waals surface area contributed by atoms with Gasteiger partial charge in [0.05, 0.1) is 0 Å². The third kappa shape index (κ3) is 5.87. The van der Waals surface area contributed by atoms with Crippen molar-refractivity contribution >= 4 is 23.2 Å². The molecule has 1 amide bonds. The van der Waals surface area contributed by atoms with Crippen molar-refractivity contribution in [3.8, 4) is 0 Å². The second-order valence-electron chi connectivity index (χ2n) is 2.09. The van der Waals surface area contributed by atoms with E-state index in [0.29, 0.717) is 5.11 Å². The van der Waals surface area contributed by atoms with Crippen molar-refractivity contribution < 1.29 is 9.90 Å². The minimum absolute atomic E-state index is 0.346. The molecule has 0 radical (unpaired) electrons. The Bertz CT molecular complexity index is 163. The Hall–Kier alpha value is -0.880. The van der Waals surface area contributed by atoms with E-state index in [1.54, 1.807) is 0 Å². The summed E-state index contributed by atoms with van der Waals surface area (Å²) >= 11 is 4.77. The van der Waals surface area contributed by atoms with E-state index in [-0.39, 0.29) is 0 Å². The van der Waals surface area contributed by atoms with Crippen molar-refractivity contribution in [3.63, 3.8) is 0 Å². The Labute approximate surface area is 76.5 Å². The van der Waals surface area contributed by atoms with Crippen LogP contribution in [-0.4, -0.2) is 29.3 Å². The average molecular weight is 191 g/mol. The van der Waals surface area contributed by atoms with Crippen molar-refractivity contribution in [3.05, 3.63) is 0 Å². The van der Waals surface area contributed by atoms with Crippen molar-refractivity contribution in [1.82, 2.24) is 16.2 Å². The van der Waals surface area contributed by atoms with Crippen molar-refractivity contribution in [2.75, 3.05) is 13.2 Å². The van der Waals surface area contributed by atoms with Gasteiger partial charge in [0.1, 0.15) is 6.61 Å². The largest absolute Gasteiger partial charge is 0.386 e. The molecule has 5 nitrogen and oxygen atoms in total. The number of hydrazine groups is 1. The summed E-state index contributed by atoms with van der Waals surface area (Å²) in [5.74, 6) is -0.518. The number of carbonyl (C=O) groups excluding carboxylic acids is 1. The lowest BCUT2D eigenvalue weighted by Gasteiger charge is -2.09. The van der Waals surface area contributed by atoms with Crippen LogP contribution in [0.15, 0.2) is 0 Å². The molecule has 0 aromatic carbocycles. The quantitative estimate of drug-likeness (QED) is 0.336. The zero-order valence-corrected chi connectivity index (χ0v) is 7.70. The molecular formula is C6H13N3O2S. The summed E-state index contributed by atoms with van der Waals surface area (Å²) in [5, 5.41) is 11.5. The predicted octanol–water partition coefficient (Wildman–Crippen LogP) is -1.12. The summed E-state index contributed by atoms with van der Waals surface area (Å²) in [6, 6.07) is 0. The Morgan fingerprint density at radius 1 is 1.50 bits per heavy atom. The van der Waals surface area contributed by atoms with Crippen LogP contribution in [0.1, 0.15) is 13.3 Å². The number of hydrogen-bond acceptors (Lipinski definition) is 3. The van der Waals surface area contributed by atoms with Crippen LogP contribution in [0.2, 0.25) is 0 Å². The molecule has 0 bridgehead atoms. The number of nitrogens with one attached hydrogen (secondary N) is 3. The highest BCUT2D eigenvalue weighted by Gasteiger charge is 1.97. The summed E-state index contributed by atoms with van der Waals surface area (Å²) in [6.07, 6.45) is 0.954. The lowest BCUT2D eigenvalue weighted by molar-refractivity contribution is -0.124. The Morgan fingerprint density at radius 2 is 2.17 bits per heavy atom. The molecule has 12 heavy (non-hydrogen) atoms. The minimum atomic E-state index is -0.552. The summed E-state index contributed by atoms with van der Waals surface area (Å²) in [4.78, 5) is 10.5. The molecule has 0 saturated carbocycles. The third-order valence-electron chi connectivity index (χ3n) is 0.995. The molecule has 0 heterocycles. The molecule has 0 saturated heterocycles. The van der Waals surface area contributed by atoms with Crippen LogP contribution in [0.3, 0.4) is 0 Å². The number of amides is 1. The SMILES string of the molecule is CCCNC(=S)NNC(=O)CO. The van der Waals surface area contributed by atoms with E-state index in [4.69, 9.17) is 17.3 Å². The van der Waals surface area contributed by atoms with Crippen LogP contribution < -0.4 is 16.2 Å². The second-order valence-corrected chi connectivity index (χ2v) is 2.50. The van der Waals surface area contributed by atoms with Crippen LogP contribution in [0.4, 0.5) is 0 Å². The molecule has 0 unspecified atom stereocenters. The number of thiocarbonyl (C=S) groups is 1. The van der Waals surface area contributed by atoms with Gasteiger partial charge in [0.25, 0.3) is 5.91 Å². The Morgan fingerprint density at radius 3 is 2.67 bits per heavy atom. The first-order valence-electron chi connectivity index (χ1n) is 3.64. The van der Waals surface area contributed by atoms with Crippen molar-refractivity contribution in [2.24, 2.45) is 0 Å². The van der Waals surface area contributed by atoms with E-state index in [1.807, 2.05) is 6.92 Å². The molecule has 0 aromatic rings. The van der Waals surface area contributed by atoms with Crippen LogP contribution in [0, 0.1) is 0 Å². The topological polar surface area (TPSA) is 73.4 Å². The molecule has 4 N–H and O–H groups in total. The Balaban J connectivity index is 3.37. The van der Waals surface area contributed by atoms with E-state index in [9.17, 15) is 4.79 Å². The average Bonchev–Trinajstić information content (AvgIpc) is 2.10. The van der Waals surface area contributed by atoms with Crippen LogP contribution in [0.25, 0.3) is 0 Å². The molecule has 0 aliphatic carbocycles. The number of carbonyl (C=O) groups is 1. The third-order valence-corrected chi connectivity index (χ3v) is 1.24. The number of aliphatic hydroxyl groups excluding tert-OH is 1. The highest BCUT2D eigenvalue weighted by molar-refractivity contribution is 7.80. The smallest absolute Gasteiger partial charge is 0.264 e. The first kappa shape index (κ1) is 11.1. The number of hydrogen-bond donors (Lipinski definition) is 4. The first-order valence-corrected chi connectivity index (χ1v) is 4.05. The molecule has 0 aliphatic rings. The lowest BCUT2D eigenvalue weighted by Crippen LogP contribution is -2.47. The molecule has 0 aromatic heterocycles. The second kappa shape index (κ2) is 6.81. The van der Waals surface area contributed by atoms with Gasteiger partial charge in [-0.25, -0.2) is 0 Å². The number of aliphatic hydroxyl groups is 1. The zero-order valence-electron chi connectivity index (χ0n) is 6.89. The fraction of sp³-hybridized carbons (Fsp3) is 0.667. The molecule has 0 fully saturated rings. The van der Waals surface area contributed by atoms with Gasteiger partial charge in [0.2, 0.25) is 0 Å². The van der Waals surface area contributed by atoms with Gasteiger partial charge in [0, 0.05) is 6.54 Å². The van der Waals surface area contributed by atoms with E-state index < -0.39 is 12.5 Å². The van der Waals surface area contributed by atoms with E-state index >= 15 is 0 Å². The molecule has 0 rings (SSSR count). The highest BCUT2D eigenvalue weighted by Crippen LogP contribution is 1.70. The summed E-state index contributed by atoms with van der Waals surface area (Å²) in [7, 11) is 0. The van der Waals surface area contributed by atoms with Gasteiger partial charge in [-0.3, -0.25) is 15.6 Å². The van der Waals surface area contributed by atoms with Crippen molar-refractivity contribution in [1.29, 1.82) is 0 Å². The molecule has 70 valence electrons. The fourth-order valence-corrected chi connectivity index (χ4v) is 0.602. The summed E-state index contributed by atoms with van der Waals surface area (Å²) in [6.45, 7) is 2.20. The van der Waals surface area contributed by atoms with E-state index in [0.717, 1.165) is 13.0 Å². The normalized spacial score (nSPS) is 8.83. The molecule has 0 atom stereocenters. The molecule has 0 spiro atoms. The van der Waals surface area contributed by atoms with Crippen LogP contribution in [0.5, 0.6) is 0 Å². The summed E-state index contributed by atoms with van der Waals surface area (Å²) < 4.78 is 0. The van der Waals surface area contributed by atoms with Gasteiger partial charge in [-0.05, 0) is 18.6 Å². The van der Waals surface area contributed by atoms with Crippen LogP contribution >= 0.6 is 12.2 Å². The first-order chi connectivity index (χ1) is 5.70. The van der Waals surface area contributed by atoms with Gasteiger partial charge >= 0.3 is 0 Å². The molecule has 0 aliphatic heterocycles. The fourth-order valence-electron chi connectivity index (χ4n) is 0.449. The maximum absolute atomic E-state index is 10.5. The lowest BCUT2D eigenvalue weighted by atomic mass is 10.5. The summed E-state index contributed by atoms with van der Waals surface area (Å²) in [5.41, 5.74) is 4.63. The monoisotopic (exact) mass is 191 g/mol. The van der Waals surface area contributed by atoms with Gasteiger partial charge in [-0.15, -0.1) is 0 Å². The molecule has 6 heteroatoms. The van der Waals surface area contributed by atoms with Crippen LogP contribution in [-0.2, 0) is 4.79 Å². The van der Waals surface area contributed by atoms with Gasteiger partial charge in [-0.2, -0.15) is 0 Å².